The molecular weight excluding hydrogens is 407 g/mol. The molecule has 0 saturated carbocycles. The highest BCUT2D eigenvalue weighted by atomic mass is 19.1. The topological polar surface area (TPSA) is 58.6 Å². The van der Waals surface area contributed by atoms with E-state index in [1.165, 1.54) is 12.1 Å². The first-order chi connectivity index (χ1) is 15.6. The molecule has 5 nitrogen and oxygen atoms in total. The number of hydrogen-bond acceptors (Lipinski definition) is 3. The van der Waals surface area contributed by atoms with Crippen LogP contribution in [-0.2, 0) is 16.2 Å². The Balaban J connectivity index is 1.49. The summed E-state index contributed by atoms with van der Waals surface area (Å²) in [5.74, 6) is -0.179. The van der Waals surface area contributed by atoms with E-state index in [-0.39, 0.29) is 24.2 Å². The van der Waals surface area contributed by atoms with Crippen LogP contribution < -0.4 is 10.1 Å². The Morgan fingerprint density at radius 2 is 1.81 bits per heavy atom. The molecule has 3 aromatic rings. The number of amides is 2. The number of rotatable bonds is 7. The van der Waals surface area contributed by atoms with Crippen molar-refractivity contribution in [1.29, 1.82) is 0 Å². The summed E-state index contributed by atoms with van der Waals surface area (Å²) in [5.41, 5.74) is 2.23. The van der Waals surface area contributed by atoms with Crippen LogP contribution in [-0.4, -0.2) is 23.3 Å². The second-order valence-electron chi connectivity index (χ2n) is 7.79. The number of piperidine rings is 1. The molecule has 164 valence electrons. The van der Waals surface area contributed by atoms with Crippen LogP contribution >= 0.6 is 0 Å². The molecule has 1 saturated heterocycles. The number of halogens is 1. The summed E-state index contributed by atoms with van der Waals surface area (Å²) in [4.78, 5) is 27.5. The zero-order chi connectivity index (χ0) is 22.3. The van der Waals surface area contributed by atoms with E-state index in [0.29, 0.717) is 24.4 Å². The highest BCUT2D eigenvalue weighted by Gasteiger charge is 2.32. The number of carbonyl (C=O) groups is 2. The normalized spacial score (nSPS) is 14.7. The molecule has 1 fully saturated rings. The number of nitrogens with one attached hydrogen (secondary N) is 1. The molecule has 0 radical (unpaired) electrons. The number of ether oxygens (including phenoxy) is 1. The average Bonchev–Trinajstić information content (AvgIpc) is 2.80. The molecule has 0 bridgehead atoms. The minimum Gasteiger partial charge on any atom is -0.489 e. The number of anilines is 1. The van der Waals surface area contributed by atoms with E-state index in [2.05, 4.69) is 5.32 Å². The average molecular weight is 432 g/mol. The van der Waals surface area contributed by atoms with Gasteiger partial charge in [-0.2, -0.15) is 0 Å². The SMILES string of the molecule is O=C(Nc1cccc(COc2cccc(F)c2)c1)C(c1ccccc1)N1CCCCC1=O. The summed E-state index contributed by atoms with van der Waals surface area (Å²) < 4.78 is 19.0. The third-order valence-electron chi connectivity index (χ3n) is 5.43. The van der Waals surface area contributed by atoms with Crippen molar-refractivity contribution in [3.8, 4) is 5.75 Å². The van der Waals surface area contributed by atoms with Crippen LogP contribution in [0.3, 0.4) is 0 Å². The van der Waals surface area contributed by atoms with E-state index in [1.54, 1.807) is 23.1 Å². The minimum atomic E-state index is -0.684. The van der Waals surface area contributed by atoms with E-state index in [0.717, 1.165) is 24.0 Å². The molecule has 1 unspecified atom stereocenters. The van der Waals surface area contributed by atoms with Gasteiger partial charge in [0, 0.05) is 24.7 Å². The molecule has 1 heterocycles. The molecule has 1 N–H and O–H groups in total. The van der Waals surface area contributed by atoms with E-state index < -0.39 is 6.04 Å². The van der Waals surface area contributed by atoms with Gasteiger partial charge >= 0.3 is 0 Å². The van der Waals surface area contributed by atoms with Gasteiger partial charge in [-0.25, -0.2) is 4.39 Å². The number of likely N-dealkylation sites (tertiary alicyclic amines) is 1. The monoisotopic (exact) mass is 432 g/mol. The Bertz CT molecular complexity index is 1090. The third-order valence-corrected chi connectivity index (χ3v) is 5.43. The fraction of sp³-hybridized carbons (Fsp3) is 0.231. The summed E-state index contributed by atoms with van der Waals surface area (Å²) in [6, 6.07) is 22.0. The molecule has 3 aromatic carbocycles. The molecule has 4 rings (SSSR count). The van der Waals surface area contributed by atoms with Crippen molar-refractivity contribution in [2.75, 3.05) is 11.9 Å². The van der Waals surface area contributed by atoms with Gasteiger partial charge in [-0.05, 0) is 48.2 Å². The van der Waals surface area contributed by atoms with E-state index in [1.807, 2.05) is 48.5 Å². The quantitative estimate of drug-likeness (QED) is 0.565. The van der Waals surface area contributed by atoms with Gasteiger partial charge < -0.3 is 15.0 Å². The Labute approximate surface area is 186 Å². The first-order valence-corrected chi connectivity index (χ1v) is 10.7. The zero-order valence-corrected chi connectivity index (χ0v) is 17.7. The van der Waals surface area contributed by atoms with Crippen molar-refractivity contribution in [3.63, 3.8) is 0 Å². The van der Waals surface area contributed by atoms with Crippen LogP contribution in [0.4, 0.5) is 10.1 Å². The van der Waals surface area contributed by atoms with Gasteiger partial charge in [-0.15, -0.1) is 0 Å². The standard InChI is InChI=1S/C26H25FN2O3/c27-21-11-7-13-23(17-21)32-18-19-8-6-12-22(16-19)28-26(31)25(20-9-2-1-3-10-20)29-15-5-4-14-24(29)30/h1-3,6-13,16-17,25H,4-5,14-15,18H2,(H,28,31). The molecule has 32 heavy (non-hydrogen) atoms. The predicted octanol–water partition coefficient (Wildman–Crippen LogP) is 5.10. The second-order valence-corrected chi connectivity index (χ2v) is 7.79. The van der Waals surface area contributed by atoms with E-state index in [4.69, 9.17) is 4.74 Å². The lowest BCUT2D eigenvalue weighted by molar-refractivity contribution is -0.141. The Hall–Kier alpha value is -3.67. The zero-order valence-electron chi connectivity index (χ0n) is 17.7. The number of hydrogen-bond donors (Lipinski definition) is 1. The van der Waals surface area contributed by atoms with Gasteiger partial charge in [0.25, 0.3) is 5.91 Å². The molecular formula is C26H25FN2O3. The van der Waals surface area contributed by atoms with E-state index in [9.17, 15) is 14.0 Å². The molecule has 1 atom stereocenters. The highest BCUT2D eigenvalue weighted by molar-refractivity contribution is 5.98. The van der Waals surface area contributed by atoms with Gasteiger partial charge in [0.2, 0.25) is 5.91 Å². The van der Waals surface area contributed by atoms with Crippen molar-refractivity contribution >= 4 is 17.5 Å². The predicted molar refractivity (Wildman–Crippen MR) is 121 cm³/mol. The van der Waals surface area contributed by atoms with Crippen LogP contribution in [0, 0.1) is 5.82 Å². The molecule has 1 aliphatic heterocycles. The second kappa shape index (κ2) is 10.1. The summed E-state index contributed by atoms with van der Waals surface area (Å²) in [6.45, 7) is 0.799. The summed E-state index contributed by atoms with van der Waals surface area (Å²) in [7, 11) is 0. The van der Waals surface area contributed by atoms with Crippen molar-refractivity contribution in [2.45, 2.75) is 31.9 Å². The maximum Gasteiger partial charge on any atom is 0.251 e. The molecule has 1 aliphatic rings. The number of benzene rings is 3. The largest absolute Gasteiger partial charge is 0.489 e. The number of carbonyl (C=O) groups excluding carboxylic acids is 2. The van der Waals surface area contributed by atoms with Crippen LogP contribution in [0.5, 0.6) is 5.75 Å². The molecule has 2 amide bonds. The van der Waals surface area contributed by atoms with Gasteiger partial charge in [-0.1, -0.05) is 48.5 Å². The van der Waals surface area contributed by atoms with Crippen LogP contribution in [0.2, 0.25) is 0 Å². The van der Waals surface area contributed by atoms with Crippen molar-refractivity contribution in [3.05, 3.63) is 95.8 Å². The minimum absolute atomic E-state index is 0.00232. The third kappa shape index (κ3) is 5.32. The Morgan fingerprint density at radius 1 is 1.00 bits per heavy atom. The maximum atomic E-state index is 13.3. The first kappa shape index (κ1) is 21.6. The smallest absolute Gasteiger partial charge is 0.251 e. The first-order valence-electron chi connectivity index (χ1n) is 10.7. The lowest BCUT2D eigenvalue weighted by Gasteiger charge is -2.34. The van der Waals surface area contributed by atoms with E-state index >= 15 is 0 Å². The molecule has 0 aromatic heterocycles. The maximum absolute atomic E-state index is 13.3. The lowest BCUT2D eigenvalue weighted by Crippen LogP contribution is -2.43. The van der Waals surface area contributed by atoms with Crippen molar-refractivity contribution in [1.82, 2.24) is 4.90 Å². The molecule has 6 heteroatoms. The fourth-order valence-corrected chi connectivity index (χ4v) is 3.88. The van der Waals surface area contributed by atoms with Crippen LogP contribution in [0.25, 0.3) is 0 Å². The Morgan fingerprint density at radius 3 is 2.59 bits per heavy atom. The Kier molecular flexibility index (Phi) is 6.80. The number of nitrogens with zero attached hydrogens (tertiary/aromatic N) is 1. The molecule has 0 spiro atoms. The summed E-state index contributed by atoms with van der Waals surface area (Å²) in [6.07, 6.45) is 2.20. The van der Waals surface area contributed by atoms with Gasteiger partial charge in [-0.3, -0.25) is 9.59 Å². The molecule has 0 aliphatic carbocycles. The van der Waals surface area contributed by atoms with Gasteiger partial charge in [0.1, 0.15) is 24.2 Å². The lowest BCUT2D eigenvalue weighted by atomic mass is 10.0. The van der Waals surface area contributed by atoms with Crippen molar-refractivity contribution in [2.24, 2.45) is 0 Å². The van der Waals surface area contributed by atoms with Crippen molar-refractivity contribution < 1.29 is 18.7 Å². The summed E-state index contributed by atoms with van der Waals surface area (Å²) in [5, 5.41) is 2.96. The highest BCUT2D eigenvalue weighted by Crippen LogP contribution is 2.27. The fourth-order valence-electron chi connectivity index (χ4n) is 3.88. The summed E-state index contributed by atoms with van der Waals surface area (Å²) >= 11 is 0. The van der Waals surface area contributed by atoms with Gasteiger partial charge in [0.15, 0.2) is 0 Å². The van der Waals surface area contributed by atoms with Crippen LogP contribution in [0.15, 0.2) is 78.9 Å². The van der Waals surface area contributed by atoms with Gasteiger partial charge in [0.05, 0.1) is 0 Å². The van der Waals surface area contributed by atoms with Crippen LogP contribution in [0.1, 0.15) is 36.4 Å².